The van der Waals surface area contributed by atoms with E-state index in [4.69, 9.17) is 5.11 Å². The molecule has 0 saturated carbocycles. The third kappa shape index (κ3) is 2.80. The quantitative estimate of drug-likeness (QED) is 0.776. The molecule has 1 rings (SSSR count). The van der Waals surface area contributed by atoms with Gasteiger partial charge in [-0.3, -0.25) is 4.79 Å². The van der Waals surface area contributed by atoms with Crippen LogP contribution in [0, 0.1) is 0 Å². The highest BCUT2D eigenvalue weighted by Gasteiger charge is 2.19. The minimum Gasteiger partial charge on any atom is -0.481 e. The molecule has 1 N–H and O–H groups in total. The van der Waals surface area contributed by atoms with Crippen LogP contribution >= 0.6 is 0 Å². The number of nitrogens with zero attached hydrogens (tertiary/aromatic N) is 2. The number of aromatic nitrogens is 2. The lowest BCUT2D eigenvalue weighted by Crippen LogP contribution is -2.12. The van der Waals surface area contributed by atoms with Gasteiger partial charge in [-0.25, -0.2) is 9.97 Å². The Morgan fingerprint density at radius 3 is 2.64 bits per heavy atom. The van der Waals surface area contributed by atoms with Gasteiger partial charge in [-0.05, 0) is 6.42 Å². The van der Waals surface area contributed by atoms with Crippen molar-refractivity contribution in [2.24, 2.45) is 0 Å². The van der Waals surface area contributed by atoms with Crippen LogP contribution in [0.25, 0.3) is 0 Å². The van der Waals surface area contributed by atoms with E-state index in [0.29, 0.717) is 12.0 Å². The summed E-state index contributed by atoms with van der Waals surface area (Å²) >= 11 is 0. The van der Waals surface area contributed by atoms with E-state index in [1.54, 1.807) is 12.4 Å². The Labute approximate surface area is 83.0 Å². The smallest absolute Gasteiger partial charge is 0.311 e. The second-order valence-electron chi connectivity index (χ2n) is 3.20. The molecule has 1 aromatic heterocycles. The normalized spacial score (nSPS) is 12.4. The summed E-state index contributed by atoms with van der Waals surface area (Å²) in [6.07, 6.45) is 7.10. The van der Waals surface area contributed by atoms with Gasteiger partial charge >= 0.3 is 5.97 Å². The molecule has 1 atom stereocenters. The van der Waals surface area contributed by atoms with Gasteiger partial charge in [0.05, 0.1) is 5.92 Å². The molecule has 4 nitrogen and oxygen atoms in total. The van der Waals surface area contributed by atoms with Crippen molar-refractivity contribution in [2.75, 3.05) is 0 Å². The maximum absolute atomic E-state index is 11.0. The summed E-state index contributed by atoms with van der Waals surface area (Å²) in [6, 6.07) is 0. The Balaban J connectivity index is 2.73. The van der Waals surface area contributed by atoms with E-state index >= 15 is 0 Å². The number of unbranched alkanes of at least 4 members (excludes halogenated alkanes) is 1. The molecule has 0 radical (unpaired) electrons. The average Bonchev–Trinajstić information content (AvgIpc) is 2.19. The minimum atomic E-state index is -0.798. The van der Waals surface area contributed by atoms with Gasteiger partial charge in [-0.2, -0.15) is 0 Å². The first kappa shape index (κ1) is 10.6. The monoisotopic (exact) mass is 194 g/mol. The van der Waals surface area contributed by atoms with E-state index in [2.05, 4.69) is 9.97 Å². The maximum atomic E-state index is 11.0. The van der Waals surface area contributed by atoms with Gasteiger partial charge in [0.25, 0.3) is 0 Å². The van der Waals surface area contributed by atoms with Crippen LogP contribution in [0.15, 0.2) is 18.7 Å². The van der Waals surface area contributed by atoms with Crippen LogP contribution in [0.3, 0.4) is 0 Å². The second-order valence-corrected chi connectivity index (χ2v) is 3.20. The van der Waals surface area contributed by atoms with Crippen LogP contribution in [-0.2, 0) is 4.79 Å². The predicted octanol–water partition coefficient (Wildman–Crippen LogP) is 1.83. The molecule has 14 heavy (non-hydrogen) atoms. The summed E-state index contributed by atoms with van der Waals surface area (Å²) in [5.41, 5.74) is 0.688. The third-order valence-corrected chi connectivity index (χ3v) is 2.13. The number of hydrogen-bond donors (Lipinski definition) is 1. The number of carboxylic acid groups (broad SMARTS) is 1. The first-order valence-electron chi connectivity index (χ1n) is 4.73. The Bertz CT molecular complexity index is 287. The fraction of sp³-hybridized carbons (Fsp3) is 0.500. The fourth-order valence-corrected chi connectivity index (χ4v) is 1.33. The van der Waals surface area contributed by atoms with Gasteiger partial charge < -0.3 is 5.11 Å². The van der Waals surface area contributed by atoms with Gasteiger partial charge in [-0.15, -0.1) is 0 Å². The van der Waals surface area contributed by atoms with Crippen LogP contribution in [0.4, 0.5) is 0 Å². The van der Waals surface area contributed by atoms with E-state index in [-0.39, 0.29) is 0 Å². The number of hydrogen-bond acceptors (Lipinski definition) is 3. The minimum absolute atomic E-state index is 0.462. The maximum Gasteiger partial charge on any atom is 0.311 e. The predicted molar refractivity (Wildman–Crippen MR) is 51.9 cm³/mol. The zero-order valence-electron chi connectivity index (χ0n) is 8.18. The number of rotatable bonds is 5. The molecule has 0 bridgehead atoms. The lowest BCUT2D eigenvalue weighted by molar-refractivity contribution is -0.139. The Morgan fingerprint density at radius 2 is 2.14 bits per heavy atom. The van der Waals surface area contributed by atoms with Crippen LogP contribution in [0.1, 0.15) is 37.7 Å². The van der Waals surface area contributed by atoms with Crippen molar-refractivity contribution in [2.45, 2.75) is 32.1 Å². The number of aliphatic carboxylic acids is 1. The fourth-order valence-electron chi connectivity index (χ4n) is 1.33. The SMILES string of the molecule is CCCCC(C(=O)O)c1cncnc1. The first-order chi connectivity index (χ1) is 6.75. The van der Waals surface area contributed by atoms with Crippen LogP contribution in [0.2, 0.25) is 0 Å². The van der Waals surface area contributed by atoms with E-state index in [9.17, 15) is 4.79 Å². The molecule has 1 aromatic rings. The van der Waals surface area contributed by atoms with E-state index in [1.807, 2.05) is 6.92 Å². The van der Waals surface area contributed by atoms with Crippen molar-refractivity contribution < 1.29 is 9.90 Å². The summed E-state index contributed by atoms with van der Waals surface area (Å²) in [7, 11) is 0. The molecule has 4 heteroatoms. The van der Waals surface area contributed by atoms with Crippen molar-refractivity contribution in [3.05, 3.63) is 24.3 Å². The number of carboxylic acids is 1. The molecule has 0 saturated heterocycles. The van der Waals surface area contributed by atoms with Crippen molar-refractivity contribution in [3.8, 4) is 0 Å². The molecule has 0 aliphatic carbocycles. The zero-order chi connectivity index (χ0) is 10.4. The lowest BCUT2D eigenvalue weighted by atomic mass is 9.96. The molecule has 0 aromatic carbocycles. The Morgan fingerprint density at radius 1 is 1.50 bits per heavy atom. The summed E-state index contributed by atoms with van der Waals surface area (Å²) in [6.45, 7) is 2.04. The molecule has 0 aliphatic rings. The standard InChI is InChI=1S/C10H14N2O2/c1-2-3-4-9(10(13)14)8-5-11-7-12-6-8/h5-7,9H,2-4H2,1H3,(H,13,14). The topological polar surface area (TPSA) is 63.1 Å². The largest absolute Gasteiger partial charge is 0.481 e. The molecule has 0 amide bonds. The van der Waals surface area contributed by atoms with Crippen molar-refractivity contribution in [1.82, 2.24) is 9.97 Å². The van der Waals surface area contributed by atoms with E-state index in [0.717, 1.165) is 12.8 Å². The average molecular weight is 194 g/mol. The Kier molecular flexibility index (Phi) is 4.04. The van der Waals surface area contributed by atoms with Crippen molar-refractivity contribution in [1.29, 1.82) is 0 Å². The third-order valence-electron chi connectivity index (χ3n) is 2.13. The summed E-state index contributed by atoms with van der Waals surface area (Å²) in [4.78, 5) is 18.6. The Hall–Kier alpha value is -1.45. The highest BCUT2D eigenvalue weighted by atomic mass is 16.4. The van der Waals surface area contributed by atoms with Crippen LogP contribution < -0.4 is 0 Å². The van der Waals surface area contributed by atoms with Gasteiger partial charge in [0.2, 0.25) is 0 Å². The molecule has 76 valence electrons. The van der Waals surface area contributed by atoms with E-state index < -0.39 is 11.9 Å². The van der Waals surface area contributed by atoms with Gasteiger partial charge in [0.1, 0.15) is 6.33 Å². The van der Waals surface area contributed by atoms with Crippen LogP contribution in [0.5, 0.6) is 0 Å². The molecule has 0 spiro atoms. The lowest BCUT2D eigenvalue weighted by Gasteiger charge is -2.10. The molecular formula is C10H14N2O2. The molecular weight excluding hydrogens is 180 g/mol. The van der Waals surface area contributed by atoms with Gasteiger partial charge in [0.15, 0.2) is 0 Å². The second kappa shape index (κ2) is 5.32. The highest BCUT2D eigenvalue weighted by Crippen LogP contribution is 2.20. The molecule has 0 fully saturated rings. The molecule has 1 heterocycles. The van der Waals surface area contributed by atoms with Gasteiger partial charge in [0, 0.05) is 18.0 Å². The van der Waals surface area contributed by atoms with E-state index in [1.165, 1.54) is 6.33 Å². The highest BCUT2D eigenvalue weighted by molar-refractivity contribution is 5.75. The summed E-state index contributed by atoms with van der Waals surface area (Å²) in [5, 5.41) is 9.00. The number of carbonyl (C=O) groups is 1. The van der Waals surface area contributed by atoms with Crippen molar-refractivity contribution >= 4 is 5.97 Å². The zero-order valence-corrected chi connectivity index (χ0v) is 8.18. The van der Waals surface area contributed by atoms with Crippen molar-refractivity contribution in [3.63, 3.8) is 0 Å². The van der Waals surface area contributed by atoms with Gasteiger partial charge in [-0.1, -0.05) is 19.8 Å². The van der Waals surface area contributed by atoms with Crippen LogP contribution in [-0.4, -0.2) is 21.0 Å². The summed E-state index contributed by atoms with van der Waals surface area (Å²) in [5.74, 6) is -1.26. The molecule has 0 aliphatic heterocycles. The molecule has 1 unspecified atom stereocenters. The summed E-state index contributed by atoms with van der Waals surface area (Å²) < 4.78 is 0. The first-order valence-corrected chi connectivity index (χ1v) is 4.73.